The number of unbranched alkanes of at least 4 members (excludes halogenated alkanes) is 2. The smallest absolute Gasteiger partial charge is 0.313 e. The molecule has 0 amide bonds. The van der Waals surface area contributed by atoms with Crippen molar-refractivity contribution in [2.75, 3.05) is 5.75 Å². The molecule has 1 aromatic heterocycles. The maximum absolute atomic E-state index is 11.4. The van der Waals surface area contributed by atoms with Crippen LogP contribution in [0.2, 0.25) is 0 Å². The molecule has 0 aliphatic rings. The van der Waals surface area contributed by atoms with Gasteiger partial charge in [0.2, 0.25) is 0 Å². The van der Waals surface area contributed by atoms with Crippen molar-refractivity contribution in [3.63, 3.8) is 0 Å². The Balaban J connectivity index is 2.80. The monoisotopic (exact) mass is 312 g/mol. The molecular weight excluding hydrogens is 288 g/mol. The zero-order chi connectivity index (χ0) is 15.9. The lowest BCUT2D eigenvalue weighted by Crippen LogP contribution is -2.23. The molecule has 0 aromatic carbocycles. The molecule has 0 saturated carbocycles. The van der Waals surface area contributed by atoms with Gasteiger partial charge in [-0.15, -0.1) is 0 Å². The van der Waals surface area contributed by atoms with Crippen LogP contribution in [0.3, 0.4) is 0 Å². The molecule has 1 rings (SSSR count). The fourth-order valence-corrected chi connectivity index (χ4v) is 2.87. The number of thioether (sulfide) groups is 1. The van der Waals surface area contributed by atoms with Gasteiger partial charge in [-0.2, -0.15) is 4.98 Å². The second-order valence-electron chi connectivity index (χ2n) is 5.98. The van der Waals surface area contributed by atoms with Gasteiger partial charge >= 0.3 is 5.97 Å². The summed E-state index contributed by atoms with van der Waals surface area (Å²) in [4.78, 5) is 26.0. The molecule has 0 aliphatic heterocycles. The highest BCUT2D eigenvalue weighted by atomic mass is 32.2. The summed E-state index contributed by atoms with van der Waals surface area (Å²) in [6.45, 7) is 7.28. The molecule has 1 aromatic rings. The van der Waals surface area contributed by atoms with Crippen molar-refractivity contribution in [2.24, 2.45) is 5.41 Å². The molecule has 0 saturated heterocycles. The molecule has 0 atom stereocenters. The minimum absolute atomic E-state index is 0.0877. The molecule has 0 fully saturated rings. The Hall–Kier alpha value is -1.30. The van der Waals surface area contributed by atoms with Gasteiger partial charge in [0.25, 0.3) is 5.56 Å². The number of carboxylic acids is 1. The third-order valence-corrected chi connectivity index (χ3v) is 4.20. The number of aliphatic carboxylic acids is 1. The fourth-order valence-electron chi connectivity index (χ4n) is 2.17. The number of rotatable bonds is 9. The maximum Gasteiger partial charge on any atom is 0.313 e. The zero-order valence-corrected chi connectivity index (χ0v) is 13.8. The van der Waals surface area contributed by atoms with Gasteiger partial charge in [-0.1, -0.05) is 51.8 Å². The Labute approximate surface area is 129 Å². The number of hydrogen-bond acceptors (Lipinski definition) is 4. The summed E-state index contributed by atoms with van der Waals surface area (Å²) in [5, 5.41) is 9.25. The molecule has 0 spiro atoms. The standard InChI is InChI=1S/C15H24N2O3S/c1-4-5-6-8-15(2,3)11-17-9-7-12(18)16-14(17)21-10-13(19)20/h7,9H,4-6,8,10-11H2,1-3H3,(H,19,20). The summed E-state index contributed by atoms with van der Waals surface area (Å²) in [7, 11) is 0. The van der Waals surface area contributed by atoms with Gasteiger partial charge in [0, 0.05) is 18.8 Å². The zero-order valence-electron chi connectivity index (χ0n) is 13.0. The van der Waals surface area contributed by atoms with Crippen LogP contribution in [0.1, 0.15) is 46.5 Å². The van der Waals surface area contributed by atoms with E-state index in [-0.39, 0.29) is 16.7 Å². The van der Waals surface area contributed by atoms with E-state index in [2.05, 4.69) is 25.8 Å². The Morgan fingerprint density at radius 1 is 1.43 bits per heavy atom. The highest BCUT2D eigenvalue weighted by Gasteiger charge is 2.19. The first kappa shape index (κ1) is 17.8. The highest BCUT2D eigenvalue weighted by molar-refractivity contribution is 7.99. The molecule has 21 heavy (non-hydrogen) atoms. The van der Waals surface area contributed by atoms with Crippen LogP contribution in [0.5, 0.6) is 0 Å². The third kappa shape index (κ3) is 6.80. The summed E-state index contributed by atoms with van der Waals surface area (Å²) in [6, 6.07) is 1.42. The molecule has 0 unspecified atom stereocenters. The predicted octanol–water partition coefficient (Wildman–Crippen LogP) is 3.03. The molecule has 0 radical (unpaired) electrons. The van der Waals surface area contributed by atoms with Gasteiger partial charge < -0.3 is 9.67 Å². The van der Waals surface area contributed by atoms with E-state index < -0.39 is 5.97 Å². The van der Waals surface area contributed by atoms with E-state index in [4.69, 9.17) is 5.11 Å². The maximum atomic E-state index is 11.4. The predicted molar refractivity (Wildman–Crippen MR) is 84.8 cm³/mol. The number of aromatic nitrogens is 2. The van der Waals surface area contributed by atoms with Crippen LogP contribution < -0.4 is 5.56 Å². The van der Waals surface area contributed by atoms with E-state index in [1.807, 2.05) is 4.57 Å². The van der Waals surface area contributed by atoms with Gasteiger partial charge in [-0.25, -0.2) is 0 Å². The lowest BCUT2D eigenvalue weighted by Gasteiger charge is -2.27. The quantitative estimate of drug-likeness (QED) is 0.431. The van der Waals surface area contributed by atoms with Crippen LogP contribution in [0, 0.1) is 5.41 Å². The number of hydrogen-bond donors (Lipinski definition) is 1. The largest absolute Gasteiger partial charge is 0.481 e. The topological polar surface area (TPSA) is 72.2 Å². The first-order chi connectivity index (χ1) is 9.84. The SMILES string of the molecule is CCCCCC(C)(C)Cn1ccc(=O)nc1SCC(=O)O. The van der Waals surface area contributed by atoms with Crippen molar-refractivity contribution in [3.05, 3.63) is 22.6 Å². The Kier molecular flexibility index (Phi) is 6.95. The number of carboxylic acid groups (broad SMARTS) is 1. The normalized spacial score (nSPS) is 11.6. The van der Waals surface area contributed by atoms with Gasteiger partial charge in [0.1, 0.15) is 0 Å². The molecule has 118 valence electrons. The van der Waals surface area contributed by atoms with Crippen molar-refractivity contribution >= 4 is 17.7 Å². The molecule has 1 heterocycles. The van der Waals surface area contributed by atoms with Crippen LogP contribution in [-0.4, -0.2) is 26.4 Å². The van der Waals surface area contributed by atoms with Gasteiger partial charge in [0.05, 0.1) is 5.75 Å². The van der Waals surface area contributed by atoms with E-state index in [0.717, 1.165) is 24.7 Å². The third-order valence-electron chi connectivity index (χ3n) is 3.23. The minimum Gasteiger partial charge on any atom is -0.481 e. The van der Waals surface area contributed by atoms with Crippen molar-refractivity contribution in [1.29, 1.82) is 0 Å². The van der Waals surface area contributed by atoms with Crippen molar-refractivity contribution in [3.8, 4) is 0 Å². The molecule has 5 nitrogen and oxygen atoms in total. The molecule has 1 N–H and O–H groups in total. The van der Waals surface area contributed by atoms with E-state index >= 15 is 0 Å². The van der Waals surface area contributed by atoms with Crippen LogP contribution in [0.4, 0.5) is 0 Å². The van der Waals surface area contributed by atoms with Crippen molar-refractivity contribution < 1.29 is 9.90 Å². The van der Waals surface area contributed by atoms with Crippen LogP contribution in [-0.2, 0) is 11.3 Å². The lowest BCUT2D eigenvalue weighted by atomic mass is 9.87. The van der Waals surface area contributed by atoms with Gasteiger partial charge in [-0.3, -0.25) is 9.59 Å². The molecule has 0 aliphatic carbocycles. The second-order valence-corrected chi connectivity index (χ2v) is 6.92. The van der Waals surface area contributed by atoms with E-state index in [0.29, 0.717) is 5.16 Å². The highest BCUT2D eigenvalue weighted by Crippen LogP contribution is 2.27. The number of nitrogens with zero attached hydrogens (tertiary/aromatic N) is 2. The Morgan fingerprint density at radius 3 is 2.76 bits per heavy atom. The number of carbonyl (C=O) groups is 1. The summed E-state index contributed by atoms with van der Waals surface area (Å²) in [6.07, 6.45) is 6.38. The van der Waals surface area contributed by atoms with Crippen LogP contribution in [0.25, 0.3) is 0 Å². The van der Waals surface area contributed by atoms with Crippen LogP contribution in [0.15, 0.2) is 22.2 Å². The van der Waals surface area contributed by atoms with E-state index in [1.54, 1.807) is 6.20 Å². The average Bonchev–Trinajstić information content (AvgIpc) is 2.39. The van der Waals surface area contributed by atoms with Crippen molar-refractivity contribution in [2.45, 2.75) is 58.2 Å². The summed E-state index contributed by atoms with van der Waals surface area (Å²) in [5.74, 6) is -1.00. The lowest BCUT2D eigenvalue weighted by molar-refractivity contribution is -0.133. The molecular formula is C15H24N2O3S. The summed E-state index contributed by atoms with van der Waals surface area (Å²) in [5.41, 5.74) is -0.243. The van der Waals surface area contributed by atoms with Crippen LogP contribution >= 0.6 is 11.8 Å². The summed E-state index contributed by atoms with van der Waals surface area (Å²) < 4.78 is 1.89. The second kappa shape index (κ2) is 8.22. The summed E-state index contributed by atoms with van der Waals surface area (Å²) >= 11 is 1.09. The first-order valence-corrected chi connectivity index (χ1v) is 8.25. The average molecular weight is 312 g/mol. The first-order valence-electron chi connectivity index (χ1n) is 7.26. The molecule has 0 bridgehead atoms. The fraction of sp³-hybridized carbons (Fsp3) is 0.667. The minimum atomic E-state index is -0.910. The Bertz CT molecular complexity index is 526. The Morgan fingerprint density at radius 2 is 2.14 bits per heavy atom. The van der Waals surface area contributed by atoms with Crippen molar-refractivity contribution in [1.82, 2.24) is 9.55 Å². The van der Waals surface area contributed by atoms with Gasteiger partial charge in [-0.05, 0) is 11.8 Å². The van der Waals surface area contributed by atoms with E-state index in [1.165, 1.54) is 25.3 Å². The molecule has 6 heteroatoms. The van der Waals surface area contributed by atoms with E-state index in [9.17, 15) is 9.59 Å². The van der Waals surface area contributed by atoms with Gasteiger partial charge in [0.15, 0.2) is 5.16 Å².